The number of rotatable bonds is 5. The molecule has 2 atom stereocenters. The van der Waals surface area contributed by atoms with Gasteiger partial charge >= 0.3 is 0 Å². The molecule has 1 aromatic carbocycles. The average Bonchev–Trinajstić information content (AvgIpc) is 2.49. The van der Waals surface area contributed by atoms with E-state index in [-0.39, 0.29) is 5.43 Å². The minimum atomic E-state index is 0.174. The van der Waals surface area contributed by atoms with Gasteiger partial charge in [-0.2, -0.15) is 0 Å². The molecular formula is C18H25NOS. The van der Waals surface area contributed by atoms with Crippen LogP contribution in [0.4, 0.5) is 5.69 Å². The molecule has 0 saturated carbocycles. The van der Waals surface area contributed by atoms with Crippen molar-refractivity contribution in [3.8, 4) is 0 Å². The van der Waals surface area contributed by atoms with E-state index >= 15 is 0 Å². The zero-order valence-corrected chi connectivity index (χ0v) is 14.5. The Kier molecular flexibility index (Phi) is 5.04. The van der Waals surface area contributed by atoms with E-state index in [4.69, 9.17) is 0 Å². The number of nitrogens with zero attached hydrogens (tertiary/aromatic N) is 1. The summed E-state index contributed by atoms with van der Waals surface area (Å²) in [6, 6.07) is 6.89. The number of fused-ring (bicyclic) bond motifs is 1. The van der Waals surface area contributed by atoms with E-state index in [1.807, 2.05) is 18.4 Å². The lowest BCUT2D eigenvalue weighted by Gasteiger charge is -2.35. The maximum atomic E-state index is 12.9. The molecule has 114 valence electrons. The molecule has 0 fully saturated rings. The van der Waals surface area contributed by atoms with Crippen LogP contribution in [0.2, 0.25) is 0 Å². The monoisotopic (exact) mass is 303 g/mol. The smallest absolute Gasteiger partial charge is 0.211 e. The third-order valence-corrected chi connectivity index (χ3v) is 5.27. The lowest BCUT2D eigenvalue weighted by molar-refractivity contribution is 0.527. The van der Waals surface area contributed by atoms with Crippen LogP contribution in [-0.4, -0.2) is 12.1 Å². The van der Waals surface area contributed by atoms with Gasteiger partial charge in [-0.15, -0.1) is 11.3 Å². The first-order valence-corrected chi connectivity index (χ1v) is 8.68. The second-order valence-corrected chi connectivity index (χ2v) is 6.78. The van der Waals surface area contributed by atoms with Crippen LogP contribution in [0.25, 0.3) is 10.1 Å². The Morgan fingerprint density at radius 1 is 1.14 bits per heavy atom. The fourth-order valence-corrected chi connectivity index (χ4v) is 3.61. The highest BCUT2D eigenvalue weighted by Crippen LogP contribution is 2.26. The van der Waals surface area contributed by atoms with Crippen molar-refractivity contribution in [2.45, 2.75) is 59.5 Å². The van der Waals surface area contributed by atoms with Crippen molar-refractivity contribution in [1.29, 1.82) is 0 Å². The number of hydrogen-bond acceptors (Lipinski definition) is 3. The first-order valence-electron chi connectivity index (χ1n) is 7.80. The van der Waals surface area contributed by atoms with E-state index in [0.29, 0.717) is 12.1 Å². The summed E-state index contributed by atoms with van der Waals surface area (Å²) in [6.45, 7) is 10.8. The lowest BCUT2D eigenvalue weighted by Crippen LogP contribution is -2.42. The van der Waals surface area contributed by atoms with Crippen LogP contribution in [0.3, 0.4) is 0 Å². The normalized spacial score (nSPS) is 14.1. The summed E-state index contributed by atoms with van der Waals surface area (Å²) >= 11 is 1.67. The summed E-state index contributed by atoms with van der Waals surface area (Å²) in [5.74, 6) is 0. The van der Waals surface area contributed by atoms with Crippen molar-refractivity contribution < 1.29 is 0 Å². The molecule has 21 heavy (non-hydrogen) atoms. The zero-order valence-electron chi connectivity index (χ0n) is 13.6. The van der Waals surface area contributed by atoms with E-state index in [1.165, 1.54) is 0 Å². The molecule has 0 bridgehead atoms. The fraction of sp³-hybridized carbons (Fsp3) is 0.500. The molecule has 0 N–H and O–H groups in total. The maximum Gasteiger partial charge on any atom is 0.211 e. The number of hydrogen-bond donors (Lipinski definition) is 0. The fourth-order valence-electron chi connectivity index (χ4n) is 2.72. The van der Waals surface area contributed by atoms with Gasteiger partial charge < -0.3 is 4.90 Å². The number of anilines is 1. The van der Waals surface area contributed by atoms with Crippen molar-refractivity contribution in [2.75, 3.05) is 4.90 Å². The standard InChI is InChI=1S/C18H25NOS/c1-6-13(4)19(14(5)7-2)16-11-21-17-9-8-12(3)10-15(17)18(16)20/h8-11,13-14H,6-7H2,1-5H3/t13-,14-/m1/s1. The third kappa shape index (κ3) is 3.13. The van der Waals surface area contributed by atoms with E-state index in [2.05, 4.69) is 44.7 Å². The molecule has 3 heteroatoms. The highest BCUT2D eigenvalue weighted by Gasteiger charge is 2.21. The minimum absolute atomic E-state index is 0.174. The molecular weight excluding hydrogens is 278 g/mol. The molecule has 2 nitrogen and oxygen atoms in total. The van der Waals surface area contributed by atoms with Crippen LogP contribution < -0.4 is 10.3 Å². The molecule has 0 aliphatic rings. The largest absolute Gasteiger partial charge is 0.362 e. The van der Waals surface area contributed by atoms with Crippen molar-refractivity contribution in [1.82, 2.24) is 0 Å². The molecule has 0 saturated heterocycles. The van der Waals surface area contributed by atoms with E-state index in [9.17, 15) is 4.79 Å². The summed E-state index contributed by atoms with van der Waals surface area (Å²) in [7, 11) is 0. The molecule has 1 aromatic heterocycles. The molecule has 0 aliphatic heterocycles. The first-order chi connectivity index (χ1) is 9.99. The number of benzene rings is 1. The molecule has 2 aromatic rings. The molecule has 2 rings (SSSR count). The molecule has 0 spiro atoms. The van der Waals surface area contributed by atoms with Gasteiger partial charge in [0.2, 0.25) is 5.43 Å². The summed E-state index contributed by atoms with van der Waals surface area (Å²) in [5, 5.41) is 2.90. The minimum Gasteiger partial charge on any atom is -0.362 e. The molecule has 0 amide bonds. The van der Waals surface area contributed by atoms with Gasteiger partial charge in [0.1, 0.15) is 0 Å². The second kappa shape index (κ2) is 6.61. The summed E-state index contributed by atoms with van der Waals surface area (Å²) < 4.78 is 1.07. The Balaban J connectivity index is 2.63. The van der Waals surface area contributed by atoms with Gasteiger partial charge in [0.05, 0.1) is 5.69 Å². The van der Waals surface area contributed by atoms with Crippen LogP contribution >= 0.6 is 11.3 Å². The van der Waals surface area contributed by atoms with Crippen LogP contribution in [0.5, 0.6) is 0 Å². The molecule has 1 heterocycles. The van der Waals surface area contributed by atoms with Crippen LogP contribution in [0.15, 0.2) is 28.4 Å². The SMILES string of the molecule is CC[C@@H](C)N(c1csc2ccc(C)cc2c1=O)[C@H](C)CC. The Labute approximate surface area is 131 Å². The topological polar surface area (TPSA) is 20.3 Å². The predicted octanol–water partition coefficient (Wildman–Crippen LogP) is 4.97. The molecule has 0 radical (unpaired) electrons. The van der Waals surface area contributed by atoms with E-state index in [0.717, 1.165) is 34.2 Å². The predicted molar refractivity (Wildman–Crippen MR) is 94.8 cm³/mol. The lowest BCUT2D eigenvalue weighted by atomic mass is 10.1. The van der Waals surface area contributed by atoms with Gasteiger partial charge in [-0.1, -0.05) is 25.5 Å². The Morgan fingerprint density at radius 3 is 2.33 bits per heavy atom. The van der Waals surface area contributed by atoms with Crippen molar-refractivity contribution >= 4 is 27.1 Å². The average molecular weight is 303 g/mol. The van der Waals surface area contributed by atoms with Crippen molar-refractivity contribution in [3.63, 3.8) is 0 Å². The van der Waals surface area contributed by atoms with Crippen LogP contribution in [0.1, 0.15) is 46.1 Å². The number of aryl methyl sites for hydroxylation is 1. The summed E-state index contributed by atoms with van der Waals surface area (Å²) in [4.78, 5) is 15.2. The Morgan fingerprint density at radius 2 is 1.76 bits per heavy atom. The Hall–Kier alpha value is -1.35. The van der Waals surface area contributed by atoms with Gasteiger partial charge in [-0.25, -0.2) is 0 Å². The van der Waals surface area contributed by atoms with Crippen LogP contribution in [0, 0.1) is 6.92 Å². The highest BCUT2D eigenvalue weighted by atomic mass is 32.1. The zero-order chi connectivity index (χ0) is 15.6. The van der Waals surface area contributed by atoms with Gasteiger partial charge in [0, 0.05) is 27.5 Å². The first kappa shape index (κ1) is 16.0. The highest BCUT2D eigenvalue weighted by molar-refractivity contribution is 7.16. The molecule has 0 aliphatic carbocycles. The van der Waals surface area contributed by atoms with Crippen molar-refractivity contribution in [3.05, 3.63) is 39.4 Å². The van der Waals surface area contributed by atoms with Gasteiger partial charge in [-0.3, -0.25) is 4.79 Å². The van der Waals surface area contributed by atoms with E-state index < -0.39 is 0 Å². The third-order valence-electron chi connectivity index (χ3n) is 4.32. The summed E-state index contributed by atoms with van der Waals surface area (Å²) in [6.07, 6.45) is 2.08. The molecule has 0 unspecified atom stereocenters. The van der Waals surface area contributed by atoms with Gasteiger partial charge in [0.25, 0.3) is 0 Å². The second-order valence-electron chi connectivity index (χ2n) is 5.87. The van der Waals surface area contributed by atoms with Crippen LogP contribution in [-0.2, 0) is 0 Å². The summed E-state index contributed by atoms with van der Waals surface area (Å²) in [5.41, 5.74) is 2.18. The van der Waals surface area contributed by atoms with Gasteiger partial charge in [0.15, 0.2) is 0 Å². The van der Waals surface area contributed by atoms with Gasteiger partial charge in [-0.05, 0) is 45.7 Å². The Bertz CT molecular complexity index is 666. The van der Waals surface area contributed by atoms with Crippen molar-refractivity contribution in [2.24, 2.45) is 0 Å². The quantitative estimate of drug-likeness (QED) is 0.777. The van der Waals surface area contributed by atoms with E-state index in [1.54, 1.807) is 11.3 Å². The maximum absolute atomic E-state index is 12.9.